The minimum Gasteiger partial charge on any atom is -0.480 e. The van der Waals surface area contributed by atoms with E-state index in [9.17, 15) is 32.7 Å². The molecule has 1 fully saturated rings. The molecule has 2 aromatic heterocycles. The molecule has 3 heterocycles. The van der Waals surface area contributed by atoms with Gasteiger partial charge in [0.25, 0.3) is 11.5 Å². The fraction of sp³-hybridized carbons (Fsp3) is 0.235. The average Bonchev–Trinajstić information content (AvgIpc) is 3.05. The van der Waals surface area contributed by atoms with Crippen LogP contribution in [-0.4, -0.2) is 64.6 Å². The molecule has 1 amide bonds. The Hall–Kier alpha value is -5.37. The largest absolute Gasteiger partial charge is 0.480 e. The highest BCUT2D eigenvalue weighted by Crippen LogP contribution is 2.34. The van der Waals surface area contributed by atoms with Gasteiger partial charge in [0.2, 0.25) is 0 Å². The Bertz CT molecular complexity index is 2110. The van der Waals surface area contributed by atoms with Gasteiger partial charge >= 0.3 is 12.1 Å². The van der Waals surface area contributed by atoms with Crippen LogP contribution in [0.15, 0.2) is 77.9 Å². The number of carboxylic acids is 1. The number of amides is 1. The maximum Gasteiger partial charge on any atom is 0.411 e. The van der Waals surface area contributed by atoms with Crippen LogP contribution in [0.5, 0.6) is 0 Å². The molecule has 2 unspecified atom stereocenters. The number of nitrogens with zero attached hydrogens (tertiary/aromatic N) is 3. The Labute approximate surface area is 269 Å². The number of aliphatic carboxylic acids is 1. The highest BCUT2D eigenvalue weighted by molar-refractivity contribution is 6.01. The number of pyridine rings is 2. The molecule has 6 rings (SSSR count). The van der Waals surface area contributed by atoms with Crippen LogP contribution in [0.2, 0.25) is 0 Å². The Kier molecular flexibility index (Phi) is 8.60. The number of fused-ring (bicyclic) bond motifs is 2. The first kappa shape index (κ1) is 32.6. The van der Waals surface area contributed by atoms with Gasteiger partial charge in [0.05, 0.1) is 18.7 Å². The molecule has 1 aliphatic rings. The van der Waals surface area contributed by atoms with Crippen molar-refractivity contribution in [1.29, 1.82) is 0 Å². The van der Waals surface area contributed by atoms with Gasteiger partial charge in [-0.15, -0.1) is 0 Å². The molecular formula is C34H27F5N4O5. The minimum absolute atomic E-state index is 0.107. The summed E-state index contributed by atoms with van der Waals surface area (Å²) >= 11 is 0. The van der Waals surface area contributed by atoms with E-state index in [2.05, 4.69) is 10.3 Å². The third-order valence-electron chi connectivity index (χ3n) is 8.45. The van der Waals surface area contributed by atoms with E-state index in [0.717, 1.165) is 10.3 Å². The molecule has 2 atom stereocenters. The number of aryl methyl sites for hydroxylation is 1. The lowest BCUT2D eigenvalue weighted by molar-refractivity contribution is -0.167. The van der Waals surface area contributed by atoms with Crippen molar-refractivity contribution >= 4 is 39.2 Å². The van der Waals surface area contributed by atoms with Crippen LogP contribution in [0.1, 0.15) is 15.9 Å². The van der Waals surface area contributed by atoms with Crippen LogP contribution in [0.4, 0.5) is 27.6 Å². The van der Waals surface area contributed by atoms with E-state index in [1.165, 1.54) is 4.57 Å². The van der Waals surface area contributed by atoms with Crippen molar-refractivity contribution in [1.82, 2.24) is 14.9 Å². The van der Waals surface area contributed by atoms with E-state index in [0.29, 0.717) is 45.1 Å². The van der Waals surface area contributed by atoms with E-state index in [1.54, 1.807) is 68.0 Å². The number of carboxylic acid groups (broad SMARTS) is 1. The van der Waals surface area contributed by atoms with Gasteiger partial charge in [-0.05, 0) is 46.2 Å². The number of carbonyl (C=O) groups is 2. The first-order chi connectivity index (χ1) is 22.8. The molecule has 0 saturated carbocycles. The van der Waals surface area contributed by atoms with Crippen LogP contribution >= 0.6 is 0 Å². The first-order valence-electron chi connectivity index (χ1n) is 14.7. The number of hydrogen-bond donors (Lipinski definition) is 2. The number of rotatable bonds is 7. The molecule has 0 spiro atoms. The Morgan fingerprint density at radius 1 is 1.04 bits per heavy atom. The maximum absolute atomic E-state index is 15.2. The maximum atomic E-state index is 15.2. The second-order valence-electron chi connectivity index (χ2n) is 11.4. The van der Waals surface area contributed by atoms with Crippen LogP contribution in [0, 0.1) is 11.6 Å². The lowest BCUT2D eigenvalue weighted by Gasteiger charge is -2.38. The summed E-state index contributed by atoms with van der Waals surface area (Å²) in [6, 6.07) is 11.1. The summed E-state index contributed by atoms with van der Waals surface area (Å²) in [4.78, 5) is 43.6. The minimum atomic E-state index is -4.75. The third-order valence-corrected chi connectivity index (χ3v) is 8.45. The molecule has 248 valence electrons. The van der Waals surface area contributed by atoms with Crippen molar-refractivity contribution < 1.29 is 41.4 Å². The molecule has 5 aromatic rings. The zero-order valence-electron chi connectivity index (χ0n) is 25.2. The van der Waals surface area contributed by atoms with Crippen molar-refractivity contribution in [3.05, 3.63) is 106 Å². The normalized spacial score (nSPS) is 15.9. The average molecular weight is 667 g/mol. The van der Waals surface area contributed by atoms with Gasteiger partial charge < -0.3 is 24.6 Å². The van der Waals surface area contributed by atoms with E-state index in [4.69, 9.17) is 4.74 Å². The molecule has 1 saturated heterocycles. The molecule has 3 aromatic carbocycles. The van der Waals surface area contributed by atoms with E-state index >= 15 is 8.78 Å². The van der Waals surface area contributed by atoms with Crippen LogP contribution < -0.4 is 15.8 Å². The van der Waals surface area contributed by atoms with Crippen molar-refractivity contribution in [3.8, 4) is 11.1 Å². The molecule has 9 nitrogen and oxygen atoms in total. The van der Waals surface area contributed by atoms with Crippen molar-refractivity contribution in [2.75, 3.05) is 24.7 Å². The number of halogens is 5. The van der Waals surface area contributed by atoms with Gasteiger partial charge in [-0.25, -0.2) is 13.6 Å². The zero-order valence-corrected chi connectivity index (χ0v) is 25.2. The molecule has 0 aliphatic carbocycles. The second kappa shape index (κ2) is 12.7. The van der Waals surface area contributed by atoms with Crippen molar-refractivity contribution in [2.24, 2.45) is 7.05 Å². The van der Waals surface area contributed by atoms with Crippen LogP contribution in [-0.2, 0) is 23.0 Å². The SMILES string of the molecule is Cn1c(=O)c(-c2ccc(CC(NC(=O)c3c(F)cc(N4CCOCC4C(F)(F)F)cc3F)C(=O)O)c3ccccc23)cc2cnccc21. The van der Waals surface area contributed by atoms with Crippen LogP contribution in [0.3, 0.4) is 0 Å². The summed E-state index contributed by atoms with van der Waals surface area (Å²) in [5.41, 5.74) is 0.275. The van der Waals surface area contributed by atoms with E-state index in [1.807, 2.05) is 0 Å². The topological polar surface area (TPSA) is 114 Å². The number of benzene rings is 3. The highest BCUT2D eigenvalue weighted by atomic mass is 19.4. The predicted molar refractivity (Wildman–Crippen MR) is 167 cm³/mol. The Morgan fingerprint density at radius 2 is 1.75 bits per heavy atom. The fourth-order valence-corrected chi connectivity index (χ4v) is 6.07. The van der Waals surface area contributed by atoms with Crippen molar-refractivity contribution in [2.45, 2.75) is 24.7 Å². The number of aromatic nitrogens is 2. The summed E-state index contributed by atoms with van der Waals surface area (Å²) in [7, 11) is 1.64. The summed E-state index contributed by atoms with van der Waals surface area (Å²) < 4.78 is 77.3. The molecule has 1 aliphatic heterocycles. The zero-order chi connectivity index (χ0) is 34.3. The highest BCUT2D eigenvalue weighted by Gasteiger charge is 2.46. The molecule has 2 N–H and O–H groups in total. The van der Waals surface area contributed by atoms with Gasteiger partial charge in [0.1, 0.15) is 29.3 Å². The monoisotopic (exact) mass is 666 g/mol. The van der Waals surface area contributed by atoms with Gasteiger partial charge in [-0.1, -0.05) is 36.4 Å². The summed E-state index contributed by atoms with van der Waals surface area (Å²) in [6.45, 7) is -1.14. The Morgan fingerprint density at radius 3 is 2.44 bits per heavy atom. The lowest BCUT2D eigenvalue weighted by atomic mass is 9.92. The van der Waals surface area contributed by atoms with Crippen LogP contribution in [0.25, 0.3) is 32.8 Å². The molecule has 14 heteroatoms. The number of carbonyl (C=O) groups excluding carboxylic acids is 1. The van der Waals surface area contributed by atoms with Gasteiger partial charge in [-0.3, -0.25) is 14.6 Å². The third kappa shape index (κ3) is 6.06. The number of alkyl halides is 3. The van der Waals surface area contributed by atoms with E-state index < -0.39 is 59.6 Å². The lowest BCUT2D eigenvalue weighted by Crippen LogP contribution is -2.53. The van der Waals surface area contributed by atoms with E-state index in [-0.39, 0.29) is 25.1 Å². The molecule has 48 heavy (non-hydrogen) atoms. The predicted octanol–water partition coefficient (Wildman–Crippen LogP) is 5.23. The smallest absolute Gasteiger partial charge is 0.411 e. The number of ether oxygens (including phenoxy) is 1. The second-order valence-corrected chi connectivity index (χ2v) is 11.4. The van der Waals surface area contributed by atoms with Crippen molar-refractivity contribution in [3.63, 3.8) is 0 Å². The quantitative estimate of drug-likeness (QED) is 0.229. The summed E-state index contributed by atoms with van der Waals surface area (Å²) in [5, 5.41) is 14.1. The number of morpholine rings is 1. The number of anilines is 1. The molecular weight excluding hydrogens is 639 g/mol. The molecule has 0 bridgehead atoms. The number of nitrogens with one attached hydrogen (secondary N) is 1. The number of hydrogen-bond acceptors (Lipinski definition) is 6. The first-order valence-corrected chi connectivity index (χ1v) is 14.7. The van der Waals surface area contributed by atoms with Gasteiger partial charge in [0.15, 0.2) is 0 Å². The fourth-order valence-electron chi connectivity index (χ4n) is 6.07. The Balaban J connectivity index is 1.30. The summed E-state index contributed by atoms with van der Waals surface area (Å²) in [5.74, 6) is -5.80. The molecule has 0 radical (unpaired) electrons. The van der Waals surface area contributed by atoms with Gasteiger partial charge in [0, 0.05) is 49.0 Å². The van der Waals surface area contributed by atoms with Gasteiger partial charge in [-0.2, -0.15) is 13.2 Å². The summed E-state index contributed by atoms with van der Waals surface area (Å²) in [6.07, 6.45) is -1.83. The standard InChI is InChI=1S/C34H27F5N4O5/c1-42-28-8-9-40-16-19(28)12-24(32(42)45)23-7-6-18(21-4-2-3-5-22(21)23)13-27(33(46)47)41-31(44)30-25(35)14-20(15-26(30)36)43-10-11-48-17-29(43)34(37,38)39/h2-9,12,14-16,27,29H,10-11,13,17H2,1H3,(H,41,44)(H,46,47).